The van der Waals surface area contributed by atoms with E-state index >= 15 is 0 Å². The molecule has 0 bridgehead atoms. The van der Waals surface area contributed by atoms with E-state index in [1.165, 1.54) is 19.2 Å². The number of phenolic OH excluding ortho intramolecular Hbond substituents is 1. The number of H-pyrrole nitrogens is 1. The smallest absolute Gasteiger partial charge is 0.411 e. The van der Waals surface area contributed by atoms with Crippen LogP contribution < -0.4 is 25.3 Å². The Balaban J connectivity index is 0.944. The standard InChI is InChI=1S/C38H40ClN5O7S/c1-50-34-20-26(7-6-24(34)21-40-22-33(46)29-8-10-32(45)37-30(29)9-11-35(47)42-37)44(39)36(48)14-18-43-16-12-27(13-17-43)51-38(49)41-31-5-3-2-4-28(31)25-15-19-52-23-25/h2-11,15,19-20,23,27,33,40,45-46H,12-14,16-18,21-22H2,1H3,(H,41,49)(H,42,47). The van der Waals surface area contributed by atoms with E-state index < -0.39 is 12.2 Å². The van der Waals surface area contributed by atoms with Gasteiger partial charge >= 0.3 is 6.09 Å². The molecule has 0 aliphatic carbocycles. The fraction of sp³-hybridized carbons (Fsp3) is 0.289. The minimum Gasteiger partial charge on any atom is -0.506 e. The van der Waals surface area contributed by atoms with Gasteiger partial charge in [-0.15, -0.1) is 0 Å². The number of ether oxygens (including phenoxy) is 2. The predicted molar refractivity (Wildman–Crippen MR) is 203 cm³/mol. The number of rotatable bonds is 13. The number of amides is 2. The summed E-state index contributed by atoms with van der Waals surface area (Å²) in [7, 11) is 1.53. The molecule has 1 atom stereocenters. The lowest BCUT2D eigenvalue weighted by atomic mass is 10.0. The Labute approximate surface area is 309 Å². The lowest BCUT2D eigenvalue weighted by Crippen LogP contribution is -2.40. The van der Waals surface area contributed by atoms with Gasteiger partial charge in [0.15, 0.2) is 0 Å². The van der Waals surface area contributed by atoms with Crippen molar-refractivity contribution in [2.45, 2.75) is 38.0 Å². The molecule has 14 heteroatoms. The molecule has 0 saturated carbocycles. The van der Waals surface area contributed by atoms with E-state index in [0.717, 1.165) is 21.1 Å². The van der Waals surface area contributed by atoms with Gasteiger partial charge in [0.1, 0.15) is 17.6 Å². The molecule has 5 aromatic rings. The quantitative estimate of drug-likeness (QED) is 0.0863. The van der Waals surface area contributed by atoms with Crippen LogP contribution >= 0.6 is 23.1 Å². The van der Waals surface area contributed by atoms with Crippen LogP contribution in [0.3, 0.4) is 0 Å². The Kier molecular flexibility index (Phi) is 12.1. The predicted octanol–water partition coefficient (Wildman–Crippen LogP) is 6.38. The Morgan fingerprint density at radius 3 is 2.67 bits per heavy atom. The third-order valence-electron chi connectivity index (χ3n) is 9.08. The number of pyridine rings is 1. The van der Waals surface area contributed by atoms with E-state index in [1.807, 2.05) is 41.1 Å². The molecular formula is C38H40ClN5O7S. The number of benzene rings is 3. The first-order valence-corrected chi connectivity index (χ1v) is 18.2. The van der Waals surface area contributed by atoms with Crippen LogP contribution in [-0.2, 0) is 16.1 Å². The highest BCUT2D eigenvalue weighted by Crippen LogP contribution is 2.31. The molecule has 3 heterocycles. The highest BCUT2D eigenvalue weighted by molar-refractivity contribution is 7.08. The molecule has 0 radical (unpaired) electrons. The van der Waals surface area contributed by atoms with Crippen molar-refractivity contribution in [2.24, 2.45) is 0 Å². The molecule has 12 nitrogen and oxygen atoms in total. The minimum atomic E-state index is -0.919. The van der Waals surface area contributed by atoms with Crippen molar-refractivity contribution < 1.29 is 29.3 Å². The number of halogens is 1. The third kappa shape index (κ3) is 8.92. The fourth-order valence-corrected chi connectivity index (χ4v) is 7.15. The van der Waals surface area contributed by atoms with E-state index in [4.69, 9.17) is 21.3 Å². The molecule has 1 fully saturated rings. The molecule has 5 N–H and O–H groups in total. The zero-order chi connectivity index (χ0) is 36.6. The number of piperidine rings is 1. The summed E-state index contributed by atoms with van der Waals surface area (Å²) in [4.78, 5) is 42.3. The second-order valence-corrected chi connectivity index (χ2v) is 13.6. The molecule has 0 spiro atoms. The molecule has 3 aromatic carbocycles. The number of fused-ring (bicyclic) bond motifs is 1. The number of aromatic amines is 1. The molecule has 1 aliphatic rings. The normalized spacial score (nSPS) is 14.2. The summed E-state index contributed by atoms with van der Waals surface area (Å²) < 4.78 is 12.4. The number of anilines is 2. The number of nitrogens with one attached hydrogen (secondary N) is 3. The van der Waals surface area contributed by atoms with Gasteiger partial charge in [-0.2, -0.15) is 11.3 Å². The van der Waals surface area contributed by atoms with Crippen molar-refractivity contribution in [3.63, 3.8) is 0 Å². The number of methoxy groups -OCH3 is 1. The SMILES string of the molecule is COc1cc(N(Cl)C(=O)CCN2CCC(OC(=O)Nc3ccccc3-c3ccsc3)CC2)ccc1CNCC(O)c1ccc(O)c2[nH]c(=O)ccc12. The average Bonchev–Trinajstić information content (AvgIpc) is 3.70. The summed E-state index contributed by atoms with van der Waals surface area (Å²) in [6.07, 6.45) is -0.0847. The van der Waals surface area contributed by atoms with Gasteiger partial charge in [-0.05, 0) is 65.1 Å². The third-order valence-corrected chi connectivity index (χ3v) is 10.1. The van der Waals surface area contributed by atoms with E-state index in [-0.39, 0.29) is 41.8 Å². The second kappa shape index (κ2) is 17.1. The number of aromatic nitrogens is 1. The van der Waals surface area contributed by atoms with Crippen LogP contribution in [0.15, 0.2) is 88.4 Å². The highest BCUT2D eigenvalue weighted by atomic mass is 35.5. The number of hydrogen-bond donors (Lipinski definition) is 5. The molecule has 1 unspecified atom stereocenters. The summed E-state index contributed by atoms with van der Waals surface area (Å²) in [6, 6.07) is 20.9. The molecule has 2 aromatic heterocycles. The van der Waals surface area contributed by atoms with Gasteiger partial charge in [0.05, 0.1) is 30.1 Å². The van der Waals surface area contributed by atoms with Crippen LogP contribution in [-0.4, -0.2) is 71.5 Å². The van der Waals surface area contributed by atoms with Crippen LogP contribution in [0, 0.1) is 0 Å². The van der Waals surface area contributed by atoms with E-state index in [1.54, 1.807) is 41.7 Å². The van der Waals surface area contributed by atoms with Crippen LogP contribution in [0.25, 0.3) is 22.0 Å². The number of thiophene rings is 1. The first-order valence-electron chi connectivity index (χ1n) is 16.9. The summed E-state index contributed by atoms with van der Waals surface area (Å²) >= 11 is 8.08. The number of carbonyl (C=O) groups is 2. The average molecular weight is 746 g/mol. The van der Waals surface area contributed by atoms with Crippen LogP contribution in [0.2, 0.25) is 0 Å². The Hall–Kier alpha value is -4.92. The molecular weight excluding hydrogens is 706 g/mol. The molecule has 52 heavy (non-hydrogen) atoms. The van der Waals surface area contributed by atoms with Crippen molar-refractivity contribution in [1.29, 1.82) is 0 Å². The number of phenols is 1. The fourth-order valence-electron chi connectivity index (χ4n) is 6.30. The number of hydrogen-bond acceptors (Lipinski definition) is 10. The molecule has 6 rings (SSSR count). The number of aliphatic hydroxyl groups is 1. The van der Waals surface area contributed by atoms with Crippen LogP contribution in [0.4, 0.5) is 16.2 Å². The maximum atomic E-state index is 13.1. The minimum absolute atomic E-state index is 0.0747. The van der Waals surface area contributed by atoms with Crippen LogP contribution in [0.1, 0.15) is 36.5 Å². The molecule has 1 saturated heterocycles. The summed E-state index contributed by atoms with van der Waals surface area (Å²) in [6.45, 7) is 2.43. The first kappa shape index (κ1) is 36.9. The van der Waals surface area contributed by atoms with Crippen molar-refractivity contribution in [3.05, 3.63) is 105 Å². The van der Waals surface area contributed by atoms with Crippen molar-refractivity contribution in [3.8, 4) is 22.6 Å². The number of aliphatic hydroxyl groups excluding tert-OH is 1. The van der Waals surface area contributed by atoms with Crippen molar-refractivity contribution in [1.82, 2.24) is 15.2 Å². The van der Waals surface area contributed by atoms with Gasteiger partial charge in [-0.3, -0.25) is 14.9 Å². The highest BCUT2D eigenvalue weighted by Gasteiger charge is 2.24. The van der Waals surface area contributed by atoms with Crippen molar-refractivity contribution >= 4 is 57.4 Å². The van der Waals surface area contributed by atoms with Crippen LogP contribution in [0.5, 0.6) is 11.5 Å². The topological polar surface area (TPSA) is 156 Å². The number of aromatic hydroxyl groups is 1. The number of nitrogens with zero attached hydrogens (tertiary/aromatic N) is 2. The van der Waals surface area contributed by atoms with Gasteiger partial charge in [0.25, 0.3) is 0 Å². The van der Waals surface area contributed by atoms with Crippen molar-refractivity contribution in [2.75, 3.05) is 43.0 Å². The molecule has 272 valence electrons. The lowest BCUT2D eigenvalue weighted by molar-refractivity contribution is -0.117. The summed E-state index contributed by atoms with van der Waals surface area (Å²) in [5, 5.41) is 31.7. The molecule has 1 aliphatic heterocycles. The maximum absolute atomic E-state index is 13.1. The van der Waals surface area contributed by atoms with E-state index in [2.05, 4.69) is 20.5 Å². The maximum Gasteiger partial charge on any atom is 0.411 e. The Bertz CT molecular complexity index is 2070. The summed E-state index contributed by atoms with van der Waals surface area (Å²) in [5.74, 6) is 0.184. The lowest BCUT2D eigenvalue weighted by Gasteiger charge is -2.31. The van der Waals surface area contributed by atoms with Gasteiger partial charge < -0.3 is 34.9 Å². The van der Waals surface area contributed by atoms with E-state index in [0.29, 0.717) is 67.1 Å². The largest absolute Gasteiger partial charge is 0.506 e. The second-order valence-electron chi connectivity index (χ2n) is 12.5. The molecule has 2 amide bonds. The first-order chi connectivity index (χ1) is 25.2. The van der Waals surface area contributed by atoms with Gasteiger partial charge in [0, 0.05) is 79.6 Å². The van der Waals surface area contributed by atoms with Gasteiger partial charge in [-0.1, -0.05) is 30.3 Å². The number of likely N-dealkylation sites (tertiary alicyclic amines) is 1. The van der Waals surface area contributed by atoms with E-state index in [9.17, 15) is 24.6 Å². The zero-order valence-electron chi connectivity index (χ0n) is 28.5. The Morgan fingerprint density at radius 2 is 1.90 bits per heavy atom. The Morgan fingerprint density at radius 1 is 1.10 bits per heavy atom. The van der Waals surface area contributed by atoms with Gasteiger partial charge in [-0.25, -0.2) is 9.21 Å². The zero-order valence-corrected chi connectivity index (χ0v) is 30.1. The number of carbonyl (C=O) groups excluding carboxylic acids is 2. The number of para-hydroxylation sites is 1. The monoisotopic (exact) mass is 745 g/mol. The van der Waals surface area contributed by atoms with Gasteiger partial charge in [0.2, 0.25) is 11.5 Å². The summed E-state index contributed by atoms with van der Waals surface area (Å²) in [5.41, 5.74) is 4.42.